The third kappa shape index (κ3) is 3.13. The van der Waals surface area contributed by atoms with Gasteiger partial charge in [-0.1, -0.05) is 18.2 Å². The summed E-state index contributed by atoms with van der Waals surface area (Å²) in [5.74, 6) is 1.93. The Balaban J connectivity index is 1.76. The molecule has 0 amide bonds. The van der Waals surface area contributed by atoms with Crippen LogP contribution >= 0.6 is 0 Å². The third-order valence-corrected chi connectivity index (χ3v) is 4.00. The molecule has 1 aliphatic heterocycles. The number of anilines is 3. The van der Waals surface area contributed by atoms with Crippen molar-refractivity contribution in [1.82, 2.24) is 9.97 Å². The fourth-order valence-electron chi connectivity index (χ4n) is 2.89. The molecule has 0 aliphatic carbocycles. The summed E-state index contributed by atoms with van der Waals surface area (Å²) >= 11 is 0. The second-order valence-corrected chi connectivity index (χ2v) is 5.76. The second-order valence-electron chi connectivity index (χ2n) is 5.76. The van der Waals surface area contributed by atoms with E-state index in [1.807, 2.05) is 19.0 Å². The Morgan fingerprint density at radius 3 is 2.32 bits per heavy atom. The molecule has 2 aromatic rings. The Kier molecular flexibility index (Phi) is 4.42. The number of benzene rings is 1. The summed E-state index contributed by atoms with van der Waals surface area (Å²) in [6.45, 7) is 4.07. The van der Waals surface area contributed by atoms with Crippen LogP contribution in [0.2, 0.25) is 0 Å². The lowest BCUT2D eigenvalue weighted by atomic mass is 10.3. The molecule has 0 atom stereocenters. The number of rotatable bonds is 3. The van der Waals surface area contributed by atoms with E-state index in [9.17, 15) is 0 Å². The Bertz CT molecular complexity index is 599. The molecule has 0 saturated carbocycles. The van der Waals surface area contributed by atoms with Gasteiger partial charge in [0, 0.05) is 58.4 Å². The first-order chi connectivity index (χ1) is 10.8. The van der Waals surface area contributed by atoms with Gasteiger partial charge in [0.2, 0.25) is 0 Å². The molecule has 1 aromatic heterocycles. The van der Waals surface area contributed by atoms with Crippen LogP contribution in [0.25, 0.3) is 0 Å². The number of nitrogens with zero attached hydrogens (tertiary/aromatic N) is 5. The largest absolute Gasteiger partial charge is 0.370 e. The van der Waals surface area contributed by atoms with Crippen LogP contribution in [0, 0.1) is 0 Å². The molecule has 0 spiro atoms. The molecule has 5 heteroatoms. The number of para-hydroxylation sites is 1. The molecular weight excluding hydrogens is 274 g/mol. The van der Waals surface area contributed by atoms with Crippen LogP contribution < -0.4 is 14.7 Å². The summed E-state index contributed by atoms with van der Waals surface area (Å²) < 4.78 is 0. The molecule has 0 radical (unpaired) electrons. The molecule has 1 saturated heterocycles. The average molecular weight is 297 g/mol. The summed E-state index contributed by atoms with van der Waals surface area (Å²) in [6, 6.07) is 10.6. The molecule has 22 heavy (non-hydrogen) atoms. The lowest BCUT2D eigenvalue weighted by Crippen LogP contribution is -2.32. The van der Waals surface area contributed by atoms with Crippen LogP contribution in [-0.2, 0) is 0 Å². The molecule has 5 nitrogen and oxygen atoms in total. The van der Waals surface area contributed by atoms with Crippen LogP contribution in [0.4, 0.5) is 17.3 Å². The highest BCUT2D eigenvalue weighted by Gasteiger charge is 2.19. The topological polar surface area (TPSA) is 35.5 Å². The Labute approximate surface area is 132 Å². The minimum absolute atomic E-state index is 0.940. The van der Waals surface area contributed by atoms with Crippen molar-refractivity contribution in [3.8, 4) is 0 Å². The Morgan fingerprint density at radius 2 is 1.55 bits per heavy atom. The minimum Gasteiger partial charge on any atom is -0.370 e. The zero-order chi connectivity index (χ0) is 15.4. The standard InChI is InChI=1S/C17H23N5/c1-20(2)16-17(19-10-9-18-16)22-12-6-11-21(13-14-22)15-7-4-3-5-8-15/h3-5,7-10H,6,11-14H2,1-2H3. The van der Waals surface area contributed by atoms with Crippen molar-refractivity contribution in [1.29, 1.82) is 0 Å². The molecule has 1 aromatic carbocycles. The summed E-state index contributed by atoms with van der Waals surface area (Å²) in [5.41, 5.74) is 1.30. The summed E-state index contributed by atoms with van der Waals surface area (Å²) in [6.07, 6.45) is 4.66. The number of aromatic nitrogens is 2. The van der Waals surface area contributed by atoms with Gasteiger partial charge in [-0.25, -0.2) is 9.97 Å². The summed E-state index contributed by atoms with van der Waals surface area (Å²) in [4.78, 5) is 15.9. The quantitative estimate of drug-likeness (QED) is 0.868. The molecule has 0 N–H and O–H groups in total. The van der Waals surface area contributed by atoms with Crippen LogP contribution in [0.5, 0.6) is 0 Å². The highest BCUT2D eigenvalue weighted by Crippen LogP contribution is 2.24. The van der Waals surface area contributed by atoms with Crippen molar-refractivity contribution in [2.24, 2.45) is 0 Å². The Hall–Kier alpha value is -2.30. The van der Waals surface area contributed by atoms with E-state index >= 15 is 0 Å². The van der Waals surface area contributed by atoms with Crippen LogP contribution in [0.15, 0.2) is 42.7 Å². The lowest BCUT2D eigenvalue weighted by Gasteiger charge is -2.26. The lowest BCUT2D eigenvalue weighted by molar-refractivity contribution is 0.792. The molecular formula is C17H23N5. The second kappa shape index (κ2) is 6.64. The summed E-state index contributed by atoms with van der Waals surface area (Å²) in [7, 11) is 4.03. The van der Waals surface area contributed by atoms with E-state index in [0.717, 1.165) is 44.2 Å². The fraction of sp³-hybridized carbons (Fsp3) is 0.412. The van der Waals surface area contributed by atoms with E-state index in [4.69, 9.17) is 0 Å². The molecule has 1 fully saturated rings. The van der Waals surface area contributed by atoms with Crippen molar-refractivity contribution in [3.05, 3.63) is 42.7 Å². The van der Waals surface area contributed by atoms with E-state index in [0.29, 0.717) is 0 Å². The molecule has 0 unspecified atom stereocenters. The van der Waals surface area contributed by atoms with Gasteiger partial charge in [-0.05, 0) is 18.6 Å². The summed E-state index contributed by atoms with van der Waals surface area (Å²) in [5, 5.41) is 0. The van der Waals surface area contributed by atoms with Crippen molar-refractivity contribution in [3.63, 3.8) is 0 Å². The first-order valence-corrected chi connectivity index (χ1v) is 7.79. The molecule has 2 heterocycles. The van der Waals surface area contributed by atoms with Gasteiger partial charge < -0.3 is 14.7 Å². The van der Waals surface area contributed by atoms with Crippen molar-refractivity contribution < 1.29 is 0 Å². The molecule has 1 aliphatic rings. The van der Waals surface area contributed by atoms with Gasteiger partial charge in [0.1, 0.15) is 0 Å². The molecule has 3 rings (SSSR count). The molecule has 116 valence electrons. The first-order valence-electron chi connectivity index (χ1n) is 7.79. The maximum absolute atomic E-state index is 4.57. The van der Waals surface area contributed by atoms with Gasteiger partial charge in [-0.15, -0.1) is 0 Å². The van der Waals surface area contributed by atoms with Gasteiger partial charge in [0.15, 0.2) is 11.6 Å². The smallest absolute Gasteiger partial charge is 0.172 e. The predicted octanol–water partition coefficient (Wildman–Crippen LogP) is 2.26. The monoisotopic (exact) mass is 297 g/mol. The Morgan fingerprint density at radius 1 is 0.864 bits per heavy atom. The number of hydrogen-bond acceptors (Lipinski definition) is 5. The van der Waals surface area contributed by atoms with Gasteiger partial charge >= 0.3 is 0 Å². The van der Waals surface area contributed by atoms with E-state index in [-0.39, 0.29) is 0 Å². The minimum atomic E-state index is 0.940. The van der Waals surface area contributed by atoms with Crippen molar-refractivity contribution in [2.45, 2.75) is 6.42 Å². The zero-order valence-electron chi connectivity index (χ0n) is 13.3. The van der Waals surface area contributed by atoms with Crippen LogP contribution in [0.1, 0.15) is 6.42 Å². The highest BCUT2D eigenvalue weighted by atomic mass is 15.3. The van der Waals surface area contributed by atoms with Crippen molar-refractivity contribution in [2.75, 3.05) is 55.0 Å². The van der Waals surface area contributed by atoms with E-state index in [2.05, 4.69) is 50.1 Å². The maximum atomic E-state index is 4.57. The third-order valence-electron chi connectivity index (χ3n) is 4.00. The zero-order valence-corrected chi connectivity index (χ0v) is 13.3. The van der Waals surface area contributed by atoms with Gasteiger partial charge in [-0.2, -0.15) is 0 Å². The van der Waals surface area contributed by atoms with E-state index < -0.39 is 0 Å². The normalized spacial score (nSPS) is 15.5. The van der Waals surface area contributed by atoms with Gasteiger partial charge in [0.05, 0.1) is 0 Å². The highest BCUT2D eigenvalue weighted by molar-refractivity contribution is 5.61. The van der Waals surface area contributed by atoms with Gasteiger partial charge in [0.25, 0.3) is 0 Å². The predicted molar refractivity (Wildman–Crippen MR) is 91.8 cm³/mol. The molecule has 0 bridgehead atoms. The van der Waals surface area contributed by atoms with Crippen molar-refractivity contribution >= 4 is 17.3 Å². The van der Waals surface area contributed by atoms with Crippen LogP contribution in [0.3, 0.4) is 0 Å². The van der Waals surface area contributed by atoms with E-state index in [1.165, 1.54) is 5.69 Å². The average Bonchev–Trinajstić information content (AvgIpc) is 2.81. The first kappa shape index (κ1) is 14.6. The van der Waals surface area contributed by atoms with E-state index in [1.54, 1.807) is 12.4 Å². The maximum Gasteiger partial charge on any atom is 0.172 e. The number of hydrogen-bond donors (Lipinski definition) is 0. The van der Waals surface area contributed by atoms with Crippen LogP contribution in [-0.4, -0.2) is 50.2 Å². The SMILES string of the molecule is CN(C)c1nccnc1N1CCCN(c2ccccc2)CC1. The van der Waals surface area contributed by atoms with Gasteiger partial charge in [-0.3, -0.25) is 0 Å². The fourth-order valence-corrected chi connectivity index (χ4v) is 2.89.